The molecular formula is C16H12ClN3O2S2. The number of hydrogen-bond acceptors (Lipinski definition) is 5. The molecule has 0 radical (unpaired) electrons. The maximum Gasteiger partial charge on any atom is 0.267 e. The van der Waals surface area contributed by atoms with Gasteiger partial charge in [-0.1, -0.05) is 11.6 Å². The third-order valence-electron chi connectivity index (χ3n) is 3.20. The van der Waals surface area contributed by atoms with Crippen molar-refractivity contribution in [2.24, 2.45) is 0 Å². The Morgan fingerprint density at radius 2 is 2.04 bits per heavy atom. The summed E-state index contributed by atoms with van der Waals surface area (Å²) in [6, 6.07) is 6.68. The standard InChI is InChI=1S/C16H12ClN3O2S2/c1-18-14(21)9-2-3-12(11(17)6-9)20-15(22)13-7-19-16(24-13)10-4-5-23-8-10/h2-8H,1H3,(H,18,21)(H,20,22). The Labute approximate surface area is 151 Å². The molecule has 3 rings (SSSR count). The average molecular weight is 378 g/mol. The first-order valence-corrected chi connectivity index (χ1v) is 9.03. The molecule has 0 saturated carbocycles. The van der Waals surface area contributed by atoms with Gasteiger partial charge in [0.1, 0.15) is 9.88 Å². The molecule has 2 N–H and O–H groups in total. The van der Waals surface area contributed by atoms with Crippen molar-refractivity contribution in [3.8, 4) is 10.6 Å². The third-order valence-corrected chi connectivity index (χ3v) is 5.25. The van der Waals surface area contributed by atoms with Crippen molar-refractivity contribution in [2.75, 3.05) is 12.4 Å². The zero-order valence-corrected chi connectivity index (χ0v) is 14.9. The number of amides is 2. The van der Waals surface area contributed by atoms with Crippen molar-refractivity contribution in [2.45, 2.75) is 0 Å². The first kappa shape index (κ1) is 16.6. The minimum absolute atomic E-state index is 0.238. The van der Waals surface area contributed by atoms with E-state index in [9.17, 15) is 9.59 Å². The van der Waals surface area contributed by atoms with Gasteiger partial charge in [0.2, 0.25) is 0 Å². The summed E-state index contributed by atoms with van der Waals surface area (Å²) in [5, 5.41) is 10.3. The topological polar surface area (TPSA) is 71.1 Å². The molecule has 0 saturated heterocycles. The monoisotopic (exact) mass is 377 g/mol. The second kappa shape index (κ2) is 7.12. The summed E-state index contributed by atoms with van der Waals surface area (Å²) in [4.78, 5) is 28.7. The van der Waals surface area contributed by atoms with Crippen LogP contribution in [0.3, 0.4) is 0 Å². The van der Waals surface area contributed by atoms with Crippen LogP contribution in [0.25, 0.3) is 10.6 Å². The molecule has 0 aliphatic rings. The first-order chi connectivity index (χ1) is 11.6. The molecule has 0 aliphatic carbocycles. The molecule has 0 spiro atoms. The Kier molecular flexibility index (Phi) is 4.94. The van der Waals surface area contributed by atoms with Crippen LogP contribution >= 0.6 is 34.3 Å². The number of nitrogens with zero attached hydrogens (tertiary/aromatic N) is 1. The molecule has 0 unspecified atom stereocenters. The number of thiophene rings is 1. The number of hydrogen-bond donors (Lipinski definition) is 2. The molecule has 3 aromatic rings. The van der Waals surface area contributed by atoms with E-state index in [1.54, 1.807) is 36.7 Å². The minimum Gasteiger partial charge on any atom is -0.355 e. The quantitative estimate of drug-likeness (QED) is 0.717. The van der Waals surface area contributed by atoms with Gasteiger partial charge in [-0.05, 0) is 29.6 Å². The predicted octanol–water partition coefficient (Wildman–Crippen LogP) is 4.14. The minimum atomic E-state index is -0.288. The Bertz CT molecular complexity index is 891. The fraction of sp³-hybridized carbons (Fsp3) is 0.0625. The number of thiazole rings is 1. The van der Waals surface area contributed by atoms with Crippen molar-refractivity contribution in [1.29, 1.82) is 0 Å². The predicted molar refractivity (Wildman–Crippen MR) is 98.2 cm³/mol. The number of carbonyl (C=O) groups is 2. The highest BCUT2D eigenvalue weighted by atomic mass is 35.5. The van der Waals surface area contributed by atoms with E-state index in [-0.39, 0.29) is 11.8 Å². The van der Waals surface area contributed by atoms with E-state index < -0.39 is 0 Å². The Morgan fingerprint density at radius 1 is 1.21 bits per heavy atom. The lowest BCUT2D eigenvalue weighted by molar-refractivity contribution is 0.0962. The van der Waals surface area contributed by atoms with Gasteiger partial charge < -0.3 is 10.6 Å². The summed E-state index contributed by atoms with van der Waals surface area (Å²) in [7, 11) is 1.54. The lowest BCUT2D eigenvalue weighted by Gasteiger charge is -2.07. The molecule has 0 fully saturated rings. The molecule has 2 amide bonds. The highest BCUT2D eigenvalue weighted by Gasteiger charge is 2.14. The van der Waals surface area contributed by atoms with E-state index in [4.69, 9.17) is 11.6 Å². The van der Waals surface area contributed by atoms with Crippen LogP contribution in [0.1, 0.15) is 20.0 Å². The number of rotatable bonds is 4. The number of nitrogens with one attached hydrogen (secondary N) is 2. The zero-order chi connectivity index (χ0) is 17.1. The van der Waals surface area contributed by atoms with Gasteiger partial charge in [0.15, 0.2) is 0 Å². The van der Waals surface area contributed by atoms with Crippen LogP contribution in [-0.2, 0) is 0 Å². The molecule has 122 valence electrons. The Balaban J connectivity index is 1.76. The maximum atomic E-state index is 12.3. The highest BCUT2D eigenvalue weighted by Crippen LogP contribution is 2.28. The summed E-state index contributed by atoms with van der Waals surface area (Å²) in [6.45, 7) is 0. The van der Waals surface area contributed by atoms with Gasteiger partial charge in [-0.25, -0.2) is 4.98 Å². The van der Waals surface area contributed by atoms with Gasteiger partial charge >= 0.3 is 0 Å². The van der Waals surface area contributed by atoms with Gasteiger partial charge in [0.05, 0.1) is 16.9 Å². The highest BCUT2D eigenvalue weighted by molar-refractivity contribution is 7.17. The van der Waals surface area contributed by atoms with Gasteiger partial charge in [-0.15, -0.1) is 11.3 Å². The normalized spacial score (nSPS) is 10.4. The number of aromatic nitrogens is 1. The largest absolute Gasteiger partial charge is 0.355 e. The van der Waals surface area contributed by atoms with Crippen molar-refractivity contribution < 1.29 is 9.59 Å². The van der Waals surface area contributed by atoms with Crippen molar-refractivity contribution in [1.82, 2.24) is 10.3 Å². The van der Waals surface area contributed by atoms with Gasteiger partial charge in [0, 0.05) is 23.6 Å². The van der Waals surface area contributed by atoms with Crippen LogP contribution in [0.4, 0.5) is 5.69 Å². The van der Waals surface area contributed by atoms with Crippen LogP contribution in [0.5, 0.6) is 0 Å². The fourth-order valence-corrected chi connectivity index (χ4v) is 3.74. The number of anilines is 1. The van der Waals surface area contributed by atoms with Gasteiger partial charge in [0.25, 0.3) is 11.8 Å². The zero-order valence-electron chi connectivity index (χ0n) is 12.5. The van der Waals surface area contributed by atoms with Crippen LogP contribution in [0.15, 0.2) is 41.2 Å². The van der Waals surface area contributed by atoms with E-state index in [0.717, 1.165) is 10.6 Å². The molecule has 0 aliphatic heterocycles. The van der Waals surface area contributed by atoms with Crippen molar-refractivity contribution in [3.63, 3.8) is 0 Å². The molecule has 2 aromatic heterocycles. The lowest BCUT2D eigenvalue weighted by Crippen LogP contribution is -2.18. The fourth-order valence-electron chi connectivity index (χ4n) is 1.98. The molecule has 1 aromatic carbocycles. The molecule has 0 bridgehead atoms. The second-order valence-electron chi connectivity index (χ2n) is 4.77. The first-order valence-electron chi connectivity index (χ1n) is 6.90. The third kappa shape index (κ3) is 3.48. The lowest BCUT2D eigenvalue weighted by atomic mass is 10.2. The van der Waals surface area contributed by atoms with Crippen LogP contribution in [-0.4, -0.2) is 23.8 Å². The molecule has 5 nitrogen and oxygen atoms in total. The molecule has 2 heterocycles. The van der Waals surface area contributed by atoms with E-state index in [2.05, 4.69) is 15.6 Å². The van der Waals surface area contributed by atoms with E-state index in [1.165, 1.54) is 17.4 Å². The molecule has 24 heavy (non-hydrogen) atoms. The van der Waals surface area contributed by atoms with E-state index in [0.29, 0.717) is 21.2 Å². The second-order valence-corrected chi connectivity index (χ2v) is 6.99. The van der Waals surface area contributed by atoms with Crippen molar-refractivity contribution >= 4 is 51.8 Å². The summed E-state index contributed by atoms with van der Waals surface area (Å²) >= 11 is 9.03. The molecular weight excluding hydrogens is 366 g/mol. The van der Waals surface area contributed by atoms with Crippen molar-refractivity contribution in [3.05, 3.63) is 56.7 Å². The number of benzene rings is 1. The Hall–Kier alpha value is -2.22. The van der Waals surface area contributed by atoms with Gasteiger partial charge in [-0.2, -0.15) is 11.3 Å². The summed E-state index contributed by atoms with van der Waals surface area (Å²) in [6.07, 6.45) is 1.54. The van der Waals surface area contributed by atoms with Gasteiger partial charge in [-0.3, -0.25) is 9.59 Å². The SMILES string of the molecule is CNC(=O)c1ccc(NC(=O)c2cnc(-c3ccsc3)s2)c(Cl)c1. The average Bonchev–Trinajstić information content (AvgIpc) is 3.26. The summed E-state index contributed by atoms with van der Waals surface area (Å²) in [5.41, 5.74) is 1.87. The van der Waals surface area contributed by atoms with E-state index in [1.807, 2.05) is 16.8 Å². The van der Waals surface area contributed by atoms with Crippen LogP contribution in [0, 0.1) is 0 Å². The smallest absolute Gasteiger partial charge is 0.267 e. The molecule has 0 atom stereocenters. The van der Waals surface area contributed by atoms with E-state index >= 15 is 0 Å². The number of carbonyl (C=O) groups excluding carboxylic acids is 2. The summed E-state index contributed by atoms with van der Waals surface area (Å²) < 4.78 is 0. The number of halogens is 1. The Morgan fingerprint density at radius 3 is 2.71 bits per heavy atom. The maximum absolute atomic E-state index is 12.3. The van der Waals surface area contributed by atoms with Crippen LogP contribution < -0.4 is 10.6 Å². The van der Waals surface area contributed by atoms with Crippen LogP contribution in [0.2, 0.25) is 5.02 Å². The summed E-state index contributed by atoms with van der Waals surface area (Å²) in [5.74, 6) is -0.527. The molecule has 8 heteroatoms.